The van der Waals surface area contributed by atoms with Crippen LogP contribution in [0.3, 0.4) is 0 Å². The number of nitrogens with two attached hydrogens (primary N) is 1. The Morgan fingerprint density at radius 2 is 2.10 bits per heavy atom. The van der Waals surface area contributed by atoms with Crippen molar-refractivity contribution in [1.82, 2.24) is 5.32 Å². The first kappa shape index (κ1) is 17.3. The molecule has 1 amide bonds. The van der Waals surface area contributed by atoms with E-state index in [4.69, 9.17) is 10.5 Å². The van der Waals surface area contributed by atoms with E-state index >= 15 is 0 Å². The van der Waals surface area contributed by atoms with Gasteiger partial charge in [-0.15, -0.1) is 0 Å². The van der Waals surface area contributed by atoms with Gasteiger partial charge >= 0.3 is 0 Å². The lowest BCUT2D eigenvalue weighted by Gasteiger charge is -2.17. The molecule has 0 saturated heterocycles. The molecule has 21 heavy (non-hydrogen) atoms. The van der Waals surface area contributed by atoms with Crippen molar-refractivity contribution in [2.75, 3.05) is 18.9 Å². The minimum Gasteiger partial charge on any atom is -0.491 e. The first-order chi connectivity index (χ1) is 10.1. The van der Waals surface area contributed by atoms with Gasteiger partial charge < -0.3 is 15.8 Å². The third-order valence-electron chi connectivity index (χ3n) is 3.63. The molecule has 4 heteroatoms. The molecule has 1 unspecified atom stereocenters. The van der Waals surface area contributed by atoms with Gasteiger partial charge in [-0.05, 0) is 37.5 Å². The Balaban J connectivity index is 2.68. The summed E-state index contributed by atoms with van der Waals surface area (Å²) in [6, 6.07) is 5.18. The van der Waals surface area contributed by atoms with Gasteiger partial charge in [0.15, 0.2) is 0 Å². The SMILES string of the molecule is CCCCC(CC)COc1cc(C(=O)NCC)ccc1N. The average molecular weight is 292 g/mol. The van der Waals surface area contributed by atoms with Crippen LogP contribution in [0.15, 0.2) is 18.2 Å². The smallest absolute Gasteiger partial charge is 0.251 e. The summed E-state index contributed by atoms with van der Waals surface area (Å²) in [5, 5.41) is 2.78. The van der Waals surface area contributed by atoms with Crippen molar-refractivity contribution >= 4 is 11.6 Å². The fourth-order valence-electron chi connectivity index (χ4n) is 2.17. The number of anilines is 1. The highest BCUT2D eigenvalue weighted by molar-refractivity contribution is 5.95. The van der Waals surface area contributed by atoms with Gasteiger partial charge in [0.1, 0.15) is 5.75 Å². The van der Waals surface area contributed by atoms with Crippen LogP contribution in [0.25, 0.3) is 0 Å². The predicted molar refractivity (Wildman–Crippen MR) is 87.7 cm³/mol. The Labute approximate surface area is 128 Å². The lowest BCUT2D eigenvalue weighted by Crippen LogP contribution is -2.22. The number of ether oxygens (including phenoxy) is 1. The molecule has 0 bridgehead atoms. The summed E-state index contributed by atoms with van der Waals surface area (Å²) in [7, 11) is 0. The van der Waals surface area contributed by atoms with Crippen molar-refractivity contribution < 1.29 is 9.53 Å². The molecule has 0 aliphatic carbocycles. The number of nitrogens with one attached hydrogen (secondary N) is 1. The van der Waals surface area contributed by atoms with Crippen molar-refractivity contribution in [3.63, 3.8) is 0 Å². The first-order valence-electron chi connectivity index (χ1n) is 7.92. The number of hydrogen-bond acceptors (Lipinski definition) is 3. The fraction of sp³-hybridized carbons (Fsp3) is 0.588. The summed E-state index contributed by atoms with van der Waals surface area (Å²) in [6.45, 7) is 7.53. The molecule has 4 nitrogen and oxygen atoms in total. The molecule has 1 atom stereocenters. The maximum atomic E-state index is 11.8. The van der Waals surface area contributed by atoms with Gasteiger partial charge in [-0.25, -0.2) is 0 Å². The van der Waals surface area contributed by atoms with Crippen LogP contribution in [0, 0.1) is 5.92 Å². The summed E-state index contributed by atoms with van der Waals surface area (Å²) in [4.78, 5) is 11.8. The predicted octanol–water partition coefficient (Wildman–Crippen LogP) is 3.61. The van der Waals surface area contributed by atoms with Gasteiger partial charge in [0.2, 0.25) is 0 Å². The zero-order valence-corrected chi connectivity index (χ0v) is 13.4. The fourth-order valence-corrected chi connectivity index (χ4v) is 2.17. The second kappa shape index (κ2) is 9.27. The van der Waals surface area contributed by atoms with Crippen LogP contribution in [0.1, 0.15) is 56.8 Å². The van der Waals surface area contributed by atoms with Crippen LogP contribution in [0.4, 0.5) is 5.69 Å². The maximum Gasteiger partial charge on any atom is 0.251 e. The van der Waals surface area contributed by atoms with Crippen LogP contribution in [0.5, 0.6) is 5.75 Å². The summed E-state index contributed by atoms with van der Waals surface area (Å²) in [5.41, 5.74) is 7.10. The lowest BCUT2D eigenvalue weighted by atomic mass is 10.0. The molecule has 1 rings (SSSR count). The Morgan fingerprint density at radius 1 is 1.33 bits per heavy atom. The molecule has 0 aliphatic heterocycles. The van der Waals surface area contributed by atoms with Gasteiger partial charge in [-0.2, -0.15) is 0 Å². The number of unbranched alkanes of at least 4 members (excludes halogenated alkanes) is 1. The van der Waals surface area contributed by atoms with E-state index in [2.05, 4.69) is 19.2 Å². The van der Waals surface area contributed by atoms with Crippen LogP contribution in [0.2, 0.25) is 0 Å². The molecule has 3 N–H and O–H groups in total. The van der Waals surface area contributed by atoms with Crippen molar-refractivity contribution in [3.05, 3.63) is 23.8 Å². The number of hydrogen-bond donors (Lipinski definition) is 2. The van der Waals surface area contributed by atoms with E-state index in [0.29, 0.717) is 36.1 Å². The van der Waals surface area contributed by atoms with Crippen LogP contribution in [-0.4, -0.2) is 19.1 Å². The van der Waals surface area contributed by atoms with Crippen molar-refractivity contribution in [2.24, 2.45) is 5.92 Å². The zero-order valence-electron chi connectivity index (χ0n) is 13.4. The van der Waals surface area contributed by atoms with E-state index in [9.17, 15) is 4.79 Å². The van der Waals surface area contributed by atoms with E-state index in [-0.39, 0.29) is 5.91 Å². The standard InChI is InChI=1S/C17H28N2O2/c1-4-7-8-13(5-2)12-21-16-11-14(9-10-15(16)18)17(20)19-6-3/h9-11,13H,4-8,12,18H2,1-3H3,(H,19,20). The van der Waals surface area contributed by atoms with Crippen molar-refractivity contribution in [3.8, 4) is 5.75 Å². The maximum absolute atomic E-state index is 11.8. The highest BCUT2D eigenvalue weighted by atomic mass is 16.5. The van der Waals surface area contributed by atoms with Gasteiger partial charge in [0.05, 0.1) is 12.3 Å². The third-order valence-corrected chi connectivity index (χ3v) is 3.63. The van der Waals surface area contributed by atoms with Crippen LogP contribution >= 0.6 is 0 Å². The van der Waals surface area contributed by atoms with E-state index in [1.54, 1.807) is 18.2 Å². The number of rotatable bonds is 9. The molecule has 1 aromatic carbocycles. The molecule has 0 fully saturated rings. The van der Waals surface area contributed by atoms with Crippen LogP contribution in [-0.2, 0) is 0 Å². The Hall–Kier alpha value is -1.71. The minimum absolute atomic E-state index is 0.0969. The van der Waals surface area contributed by atoms with E-state index in [1.165, 1.54) is 19.3 Å². The first-order valence-corrected chi connectivity index (χ1v) is 7.92. The van der Waals surface area contributed by atoms with Crippen LogP contribution < -0.4 is 15.8 Å². The molecule has 0 aromatic heterocycles. The summed E-state index contributed by atoms with van der Waals surface area (Å²) in [6.07, 6.45) is 4.68. The van der Waals surface area contributed by atoms with Crippen molar-refractivity contribution in [1.29, 1.82) is 0 Å². The Morgan fingerprint density at radius 3 is 2.71 bits per heavy atom. The number of carbonyl (C=O) groups is 1. The highest BCUT2D eigenvalue weighted by Crippen LogP contribution is 2.24. The van der Waals surface area contributed by atoms with E-state index in [1.807, 2.05) is 6.92 Å². The summed E-state index contributed by atoms with van der Waals surface area (Å²) in [5.74, 6) is 1.05. The second-order valence-electron chi connectivity index (χ2n) is 5.34. The molecule has 118 valence electrons. The van der Waals surface area contributed by atoms with Gasteiger partial charge in [0.25, 0.3) is 5.91 Å². The van der Waals surface area contributed by atoms with E-state index < -0.39 is 0 Å². The quantitative estimate of drug-likeness (QED) is 0.683. The number of amides is 1. The molecular weight excluding hydrogens is 264 g/mol. The summed E-state index contributed by atoms with van der Waals surface area (Å²) < 4.78 is 5.85. The topological polar surface area (TPSA) is 64.3 Å². The largest absolute Gasteiger partial charge is 0.491 e. The van der Waals surface area contributed by atoms with E-state index in [0.717, 1.165) is 6.42 Å². The van der Waals surface area contributed by atoms with Gasteiger partial charge in [-0.3, -0.25) is 4.79 Å². The highest BCUT2D eigenvalue weighted by Gasteiger charge is 2.11. The molecule has 0 heterocycles. The summed E-state index contributed by atoms with van der Waals surface area (Å²) >= 11 is 0. The second-order valence-corrected chi connectivity index (χ2v) is 5.34. The third kappa shape index (κ3) is 5.66. The molecular formula is C17H28N2O2. The van der Waals surface area contributed by atoms with Crippen molar-refractivity contribution in [2.45, 2.75) is 46.5 Å². The number of nitrogen functional groups attached to an aromatic ring is 1. The van der Waals surface area contributed by atoms with Gasteiger partial charge in [-0.1, -0.05) is 33.1 Å². The molecule has 0 aliphatic rings. The monoisotopic (exact) mass is 292 g/mol. The lowest BCUT2D eigenvalue weighted by molar-refractivity contribution is 0.0955. The number of benzene rings is 1. The molecule has 0 saturated carbocycles. The average Bonchev–Trinajstić information content (AvgIpc) is 2.49. The zero-order chi connectivity index (χ0) is 15.7. The minimum atomic E-state index is -0.0969. The Bertz CT molecular complexity index is 446. The molecule has 0 radical (unpaired) electrons. The molecule has 1 aromatic rings. The van der Waals surface area contributed by atoms with Gasteiger partial charge in [0, 0.05) is 12.1 Å². The Kier molecular flexibility index (Phi) is 7.65. The number of carbonyl (C=O) groups excluding carboxylic acids is 1. The molecule has 0 spiro atoms. The normalized spacial score (nSPS) is 12.0.